The normalized spacial score (nSPS) is 10.4. The second kappa shape index (κ2) is 8.64. The molecule has 8 nitrogen and oxygen atoms in total. The number of nitrogens with zero attached hydrogens (tertiary/aromatic N) is 3. The van der Waals surface area contributed by atoms with Crippen molar-refractivity contribution in [2.45, 2.75) is 20.8 Å². The molecule has 0 spiro atoms. The van der Waals surface area contributed by atoms with Gasteiger partial charge < -0.3 is 24.8 Å². The summed E-state index contributed by atoms with van der Waals surface area (Å²) < 4.78 is 16.1. The summed E-state index contributed by atoms with van der Waals surface area (Å²) in [5.74, 6) is 2.50. The molecule has 0 bridgehead atoms. The van der Waals surface area contributed by atoms with Gasteiger partial charge in [0.2, 0.25) is 11.7 Å². The smallest absolute Gasteiger partial charge is 0.249 e. The highest BCUT2D eigenvalue weighted by molar-refractivity contribution is 5.68. The molecular weight excluding hydrogens is 370 g/mol. The van der Waals surface area contributed by atoms with Crippen LogP contribution in [0, 0.1) is 20.8 Å². The number of aromatic nitrogens is 3. The van der Waals surface area contributed by atoms with E-state index in [9.17, 15) is 0 Å². The van der Waals surface area contributed by atoms with Crippen molar-refractivity contribution in [1.29, 1.82) is 0 Å². The quantitative estimate of drug-likeness (QED) is 0.612. The minimum atomic E-state index is 0.340. The molecule has 0 aliphatic carbocycles. The van der Waals surface area contributed by atoms with Crippen molar-refractivity contribution in [2.75, 3.05) is 32.0 Å². The first-order chi connectivity index (χ1) is 13.9. The van der Waals surface area contributed by atoms with Gasteiger partial charge in [0.25, 0.3) is 0 Å². The molecule has 2 aromatic carbocycles. The summed E-state index contributed by atoms with van der Waals surface area (Å²) in [7, 11) is 4.69. The lowest BCUT2D eigenvalue weighted by Crippen LogP contribution is -2.05. The third kappa shape index (κ3) is 4.48. The molecule has 3 aromatic rings. The summed E-state index contributed by atoms with van der Waals surface area (Å²) in [5.41, 5.74) is 5.19. The maximum Gasteiger partial charge on any atom is 0.249 e. The van der Waals surface area contributed by atoms with Crippen molar-refractivity contribution in [2.24, 2.45) is 0 Å². The first-order valence-electron chi connectivity index (χ1n) is 9.06. The van der Waals surface area contributed by atoms with Crippen LogP contribution in [0.25, 0.3) is 0 Å². The number of hydrogen-bond donors (Lipinski definition) is 2. The van der Waals surface area contributed by atoms with Gasteiger partial charge in [0.05, 0.1) is 27.5 Å². The third-order valence-corrected chi connectivity index (χ3v) is 4.41. The molecular formula is C21H25N5O3. The first-order valence-corrected chi connectivity index (χ1v) is 9.06. The molecule has 0 aliphatic rings. The lowest BCUT2D eigenvalue weighted by Gasteiger charge is -2.15. The van der Waals surface area contributed by atoms with E-state index in [1.807, 2.05) is 0 Å². The van der Waals surface area contributed by atoms with Crippen molar-refractivity contribution in [3.05, 3.63) is 47.2 Å². The fourth-order valence-corrected chi connectivity index (χ4v) is 3.20. The Balaban J connectivity index is 1.88. The third-order valence-electron chi connectivity index (χ3n) is 4.41. The highest BCUT2D eigenvalue weighted by atomic mass is 16.5. The minimum absolute atomic E-state index is 0.340. The van der Waals surface area contributed by atoms with Crippen LogP contribution in [0.4, 0.5) is 23.1 Å². The van der Waals surface area contributed by atoms with Crippen molar-refractivity contribution < 1.29 is 14.2 Å². The molecule has 29 heavy (non-hydrogen) atoms. The van der Waals surface area contributed by atoms with Gasteiger partial charge in [0, 0.05) is 23.5 Å². The molecule has 0 unspecified atom stereocenters. The summed E-state index contributed by atoms with van der Waals surface area (Å²) in [6.07, 6.45) is 1.58. The van der Waals surface area contributed by atoms with Crippen LogP contribution in [0.5, 0.6) is 17.2 Å². The van der Waals surface area contributed by atoms with E-state index in [4.69, 9.17) is 14.2 Å². The average molecular weight is 395 g/mol. The van der Waals surface area contributed by atoms with Crippen LogP contribution in [0.3, 0.4) is 0 Å². The summed E-state index contributed by atoms with van der Waals surface area (Å²) in [6.45, 7) is 6.20. The Kier molecular flexibility index (Phi) is 6.01. The molecule has 0 amide bonds. The fraction of sp³-hybridized carbons (Fsp3) is 0.286. The van der Waals surface area contributed by atoms with Gasteiger partial charge in [-0.2, -0.15) is 10.1 Å². The summed E-state index contributed by atoms with van der Waals surface area (Å²) in [4.78, 5) is 4.51. The standard InChI is InChI=1S/C21H25N5O3/c1-12-7-13(2)19(14(3)8-12)24-18-11-22-26-21(25-18)23-15-9-16(27-4)20(29-6)17(10-15)28-5/h7-11H,1-6H3,(H2,23,24,25,26). The molecule has 0 saturated carbocycles. The highest BCUT2D eigenvalue weighted by Crippen LogP contribution is 2.40. The second-order valence-corrected chi connectivity index (χ2v) is 6.60. The lowest BCUT2D eigenvalue weighted by molar-refractivity contribution is 0.324. The van der Waals surface area contributed by atoms with E-state index in [1.54, 1.807) is 39.7 Å². The Morgan fingerprint density at radius 2 is 1.41 bits per heavy atom. The van der Waals surface area contributed by atoms with Crippen LogP contribution in [-0.4, -0.2) is 36.5 Å². The first kappa shape index (κ1) is 20.2. The van der Waals surface area contributed by atoms with E-state index in [0.29, 0.717) is 34.7 Å². The average Bonchev–Trinajstić information content (AvgIpc) is 2.70. The number of benzene rings is 2. The van der Waals surface area contributed by atoms with Crippen LogP contribution in [0.1, 0.15) is 16.7 Å². The van der Waals surface area contributed by atoms with E-state index in [-0.39, 0.29) is 0 Å². The minimum Gasteiger partial charge on any atom is -0.493 e. The molecule has 3 rings (SSSR count). The summed E-state index contributed by atoms with van der Waals surface area (Å²) in [5, 5.41) is 14.6. The Morgan fingerprint density at radius 3 is 1.97 bits per heavy atom. The predicted octanol–water partition coefficient (Wildman–Crippen LogP) is 4.31. The van der Waals surface area contributed by atoms with Gasteiger partial charge in [0.15, 0.2) is 17.3 Å². The van der Waals surface area contributed by atoms with E-state index >= 15 is 0 Å². The largest absolute Gasteiger partial charge is 0.493 e. The molecule has 1 aromatic heterocycles. The van der Waals surface area contributed by atoms with Gasteiger partial charge in [-0.15, -0.1) is 5.10 Å². The highest BCUT2D eigenvalue weighted by Gasteiger charge is 2.14. The monoisotopic (exact) mass is 395 g/mol. The van der Waals surface area contributed by atoms with E-state index in [1.165, 1.54) is 5.56 Å². The molecule has 152 valence electrons. The molecule has 2 N–H and O–H groups in total. The van der Waals surface area contributed by atoms with E-state index in [0.717, 1.165) is 16.8 Å². The molecule has 0 radical (unpaired) electrons. The zero-order valence-corrected chi connectivity index (χ0v) is 17.5. The van der Waals surface area contributed by atoms with Crippen LogP contribution in [0.15, 0.2) is 30.5 Å². The van der Waals surface area contributed by atoms with Crippen LogP contribution in [-0.2, 0) is 0 Å². The van der Waals surface area contributed by atoms with Gasteiger partial charge in [-0.1, -0.05) is 17.7 Å². The molecule has 0 saturated heterocycles. The van der Waals surface area contributed by atoms with Gasteiger partial charge in [0.1, 0.15) is 0 Å². The SMILES string of the molecule is COc1cc(Nc2nncc(Nc3c(C)cc(C)cc3C)n2)cc(OC)c1OC. The number of ether oxygens (including phenoxy) is 3. The number of methoxy groups -OCH3 is 3. The number of rotatable bonds is 7. The molecule has 0 atom stereocenters. The van der Waals surface area contributed by atoms with Crippen molar-refractivity contribution in [1.82, 2.24) is 15.2 Å². The van der Waals surface area contributed by atoms with Crippen molar-refractivity contribution in [3.8, 4) is 17.2 Å². The van der Waals surface area contributed by atoms with Gasteiger partial charge in [-0.25, -0.2) is 0 Å². The molecule has 0 aliphatic heterocycles. The number of aryl methyl sites for hydroxylation is 3. The van der Waals surface area contributed by atoms with Gasteiger partial charge in [-0.3, -0.25) is 0 Å². The number of nitrogens with one attached hydrogen (secondary N) is 2. The van der Waals surface area contributed by atoms with E-state index in [2.05, 4.69) is 58.7 Å². The van der Waals surface area contributed by atoms with Crippen molar-refractivity contribution in [3.63, 3.8) is 0 Å². The Hall–Kier alpha value is -3.55. The molecule has 1 heterocycles. The summed E-state index contributed by atoms with van der Waals surface area (Å²) >= 11 is 0. The molecule has 8 heteroatoms. The predicted molar refractivity (Wildman–Crippen MR) is 113 cm³/mol. The maximum absolute atomic E-state index is 5.38. The second-order valence-electron chi connectivity index (χ2n) is 6.60. The zero-order chi connectivity index (χ0) is 21.0. The number of anilines is 4. The van der Waals surface area contributed by atoms with Crippen LogP contribution >= 0.6 is 0 Å². The van der Waals surface area contributed by atoms with E-state index < -0.39 is 0 Å². The van der Waals surface area contributed by atoms with Crippen LogP contribution < -0.4 is 24.8 Å². The number of hydrogen-bond acceptors (Lipinski definition) is 8. The van der Waals surface area contributed by atoms with Crippen LogP contribution in [0.2, 0.25) is 0 Å². The Labute approximate surface area is 170 Å². The topological polar surface area (TPSA) is 90.4 Å². The van der Waals surface area contributed by atoms with Gasteiger partial charge in [-0.05, 0) is 31.9 Å². The zero-order valence-electron chi connectivity index (χ0n) is 17.5. The summed E-state index contributed by atoms with van der Waals surface area (Å²) in [6, 6.07) is 7.80. The Morgan fingerprint density at radius 1 is 0.793 bits per heavy atom. The Bertz CT molecular complexity index is 975. The maximum atomic E-state index is 5.38. The lowest BCUT2D eigenvalue weighted by atomic mass is 10.1. The van der Waals surface area contributed by atoms with Crippen molar-refractivity contribution >= 4 is 23.1 Å². The fourth-order valence-electron chi connectivity index (χ4n) is 3.20. The van der Waals surface area contributed by atoms with Gasteiger partial charge >= 0.3 is 0 Å². The molecule has 0 fully saturated rings.